The number of aromatic amines is 1. The van der Waals surface area contributed by atoms with E-state index in [9.17, 15) is 9.59 Å². The molecule has 5 aromatic rings. The second-order valence-corrected chi connectivity index (χ2v) is 8.03. The Hall–Kier alpha value is -5.05. The summed E-state index contributed by atoms with van der Waals surface area (Å²) in [6.07, 6.45) is 0. The summed E-state index contributed by atoms with van der Waals surface area (Å²) in [4.78, 5) is 32.9. The van der Waals surface area contributed by atoms with Crippen molar-refractivity contribution in [2.45, 2.75) is 13.8 Å². The van der Waals surface area contributed by atoms with Gasteiger partial charge in [0.15, 0.2) is 11.6 Å². The van der Waals surface area contributed by atoms with E-state index in [-0.39, 0.29) is 41.1 Å². The molecule has 1 N–H and O–H groups in total. The number of benzene rings is 2. The first-order valence-electron chi connectivity index (χ1n) is 11.7. The van der Waals surface area contributed by atoms with Gasteiger partial charge in [-0.2, -0.15) is 10.5 Å². The van der Waals surface area contributed by atoms with Crippen LogP contribution in [-0.2, 0) is 0 Å². The van der Waals surface area contributed by atoms with Gasteiger partial charge in [0.1, 0.15) is 17.5 Å². The normalized spacial score (nSPS) is 9.29. The molecule has 196 valence electrons. The molecule has 0 fully saturated rings. The Kier molecular flexibility index (Phi) is 12.7. The number of aromatic nitrogens is 6. The summed E-state index contributed by atoms with van der Waals surface area (Å²) in [5.74, 6) is 0.485. The van der Waals surface area contributed by atoms with Gasteiger partial charge in [0.2, 0.25) is 5.82 Å². The van der Waals surface area contributed by atoms with Gasteiger partial charge in [-0.1, -0.05) is 48.5 Å². The van der Waals surface area contributed by atoms with Gasteiger partial charge in [0.05, 0.1) is 11.4 Å². The number of H-pyrrole nitrogens is 1. The number of ketones is 2. The van der Waals surface area contributed by atoms with E-state index in [1.165, 1.54) is 11.8 Å². The van der Waals surface area contributed by atoms with Crippen LogP contribution >= 0.6 is 0 Å². The standard InChI is InChI=1S/C14H11N5O.C14H10N2O.N3.Na/c1-9(20)10-4-2-5-11(8-10)12-6-3-7-13(15-12)14-16-18-19-17-14;1-10(17)11-4-2-5-12(8-11)14-7-3-6-13(9-15)16-14;1-3-2;/h2-8H,1H3,(H,16,17,18,19);2-8H,1H3;;/q;;-1;+1. The second-order valence-electron chi connectivity index (χ2n) is 8.03. The SMILES string of the molecule is CC(=O)c1cccc(-c2cccc(-c3nn[nH]n3)n2)c1.CC(=O)c1cccc(-c2cccc(C#N)n2)c1.[N-]=[N+]=[N-].[Na+]. The summed E-state index contributed by atoms with van der Waals surface area (Å²) >= 11 is 0. The van der Waals surface area contributed by atoms with Crippen LogP contribution in [0.4, 0.5) is 0 Å². The van der Waals surface area contributed by atoms with E-state index >= 15 is 0 Å². The largest absolute Gasteiger partial charge is 1.00 e. The number of carbonyl (C=O) groups excluding carboxylic acids is 2. The van der Waals surface area contributed by atoms with Crippen molar-refractivity contribution in [3.8, 4) is 40.1 Å². The van der Waals surface area contributed by atoms with Gasteiger partial charge >= 0.3 is 29.6 Å². The zero-order valence-corrected chi connectivity index (χ0v) is 24.4. The molecule has 3 heterocycles. The second kappa shape index (κ2) is 16.1. The predicted octanol–water partition coefficient (Wildman–Crippen LogP) is 2.82. The molecule has 0 unspecified atom stereocenters. The molecule has 0 aliphatic rings. The summed E-state index contributed by atoms with van der Waals surface area (Å²) in [7, 11) is 0. The number of hydrogen-bond acceptors (Lipinski definition) is 8. The molecule has 2 aromatic carbocycles. The van der Waals surface area contributed by atoms with E-state index in [4.69, 9.17) is 16.3 Å². The molecule has 3 aromatic heterocycles. The van der Waals surface area contributed by atoms with Gasteiger partial charge in [0.25, 0.3) is 0 Å². The van der Waals surface area contributed by atoms with Crippen molar-refractivity contribution in [1.82, 2.24) is 30.6 Å². The molecule has 0 amide bonds. The molecule has 0 aliphatic heterocycles. The summed E-state index contributed by atoms with van der Waals surface area (Å²) < 4.78 is 0. The quantitative estimate of drug-likeness (QED) is 0.113. The van der Waals surface area contributed by atoms with Crippen LogP contribution in [0.2, 0.25) is 0 Å². The average molecular weight is 553 g/mol. The van der Waals surface area contributed by atoms with Crippen LogP contribution in [0.25, 0.3) is 50.0 Å². The summed E-state index contributed by atoms with van der Waals surface area (Å²) in [5, 5.41) is 22.5. The number of tetrazole rings is 1. The Bertz CT molecular complexity index is 1710. The Morgan fingerprint density at radius 2 is 1.27 bits per heavy atom. The number of nitriles is 1. The van der Waals surface area contributed by atoms with Crippen LogP contribution in [0.5, 0.6) is 0 Å². The van der Waals surface area contributed by atoms with E-state index in [0.717, 1.165) is 16.8 Å². The molecule has 0 atom stereocenters. The maximum Gasteiger partial charge on any atom is 1.00 e. The van der Waals surface area contributed by atoms with Crippen LogP contribution in [0.15, 0.2) is 84.9 Å². The van der Waals surface area contributed by atoms with Gasteiger partial charge in [-0.15, -0.1) is 10.2 Å². The van der Waals surface area contributed by atoms with Crippen LogP contribution in [0.1, 0.15) is 40.3 Å². The number of Topliss-reactive ketones (excluding diaryl/α,β-unsaturated/α-hetero) is 2. The van der Waals surface area contributed by atoms with Crippen molar-refractivity contribution in [2.24, 2.45) is 0 Å². The van der Waals surface area contributed by atoms with Crippen LogP contribution < -0.4 is 29.6 Å². The zero-order chi connectivity index (χ0) is 28.9. The van der Waals surface area contributed by atoms with Crippen molar-refractivity contribution in [3.05, 3.63) is 118 Å². The monoisotopic (exact) mass is 552 g/mol. The molecule has 0 aliphatic carbocycles. The Balaban J connectivity index is 0.000000259. The Morgan fingerprint density at radius 1 is 0.780 bits per heavy atom. The van der Waals surface area contributed by atoms with Crippen molar-refractivity contribution >= 4 is 11.6 Å². The summed E-state index contributed by atoms with van der Waals surface area (Å²) in [6, 6.07) is 27.4. The van der Waals surface area contributed by atoms with E-state index < -0.39 is 0 Å². The van der Waals surface area contributed by atoms with Gasteiger partial charge < -0.3 is 11.1 Å². The molecule has 12 nitrogen and oxygen atoms in total. The smallest absolute Gasteiger partial charge is 0.373 e. The fourth-order valence-electron chi connectivity index (χ4n) is 3.44. The molecular weight excluding hydrogens is 531 g/mol. The van der Waals surface area contributed by atoms with Gasteiger partial charge in [-0.25, -0.2) is 9.97 Å². The molecule has 0 saturated carbocycles. The fraction of sp³-hybridized carbons (Fsp3) is 0.0714. The first-order valence-corrected chi connectivity index (χ1v) is 11.7. The van der Waals surface area contributed by atoms with E-state index in [1.54, 1.807) is 37.3 Å². The third kappa shape index (κ3) is 9.28. The van der Waals surface area contributed by atoms with Crippen LogP contribution in [0.3, 0.4) is 0 Å². The first kappa shape index (κ1) is 32.2. The Morgan fingerprint density at radius 3 is 1.76 bits per heavy atom. The maximum absolute atomic E-state index is 11.4. The summed E-state index contributed by atoms with van der Waals surface area (Å²) in [5.41, 5.74) is 19.0. The Labute approximate surface area is 257 Å². The van der Waals surface area contributed by atoms with E-state index in [1.807, 2.05) is 60.7 Å². The number of rotatable bonds is 5. The molecule has 0 radical (unpaired) electrons. The number of hydrogen-bond donors (Lipinski definition) is 1. The van der Waals surface area contributed by atoms with Crippen molar-refractivity contribution in [1.29, 1.82) is 5.26 Å². The number of nitrogens with zero attached hydrogens (tertiary/aromatic N) is 9. The first-order chi connectivity index (χ1) is 19.4. The molecule has 13 heteroatoms. The molecule has 0 bridgehead atoms. The minimum atomic E-state index is 0. The van der Waals surface area contributed by atoms with Crippen LogP contribution in [0, 0.1) is 11.3 Å². The van der Waals surface area contributed by atoms with Gasteiger partial charge in [-0.3, -0.25) is 14.5 Å². The van der Waals surface area contributed by atoms with Gasteiger partial charge in [0, 0.05) is 22.3 Å². The van der Waals surface area contributed by atoms with Crippen molar-refractivity contribution < 1.29 is 39.1 Å². The average Bonchev–Trinajstić information content (AvgIpc) is 3.54. The van der Waals surface area contributed by atoms with Gasteiger partial charge in [-0.05, 0) is 55.5 Å². The minimum absolute atomic E-state index is 0. The zero-order valence-electron chi connectivity index (χ0n) is 22.4. The fourth-order valence-corrected chi connectivity index (χ4v) is 3.44. The molecule has 0 spiro atoms. The minimum Gasteiger partial charge on any atom is -0.373 e. The number of nitrogens with one attached hydrogen (secondary N) is 1. The number of carbonyl (C=O) groups is 2. The van der Waals surface area contributed by atoms with Crippen molar-refractivity contribution in [3.63, 3.8) is 0 Å². The topological polar surface area (TPSA) is 197 Å². The van der Waals surface area contributed by atoms with Crippen molar-refractivity contribution in [2.75, 3.05) is 0 Å². The summed E-state index contributed by atoms with van der Waals surface area (Å²) in [6.45, 7) is 3.07. The third-order valence-electron chi connectivity index (χ3n) is 5.32. The maximum atomic E-state index is 11.4. The van der Waals surface area contributed by atoms with Crippen LogP contribution in [-0.4, -0.2) is 42.2 Å². The third-order valence-corrected chi connectivity index (χ3v) is 5.32. The molecule has 0 saturated heterocycles. The predicted molar refractivity (Wildman–Crippen MR) is 147 cm³/mol. The van der Waals surface area contributed by atoms with E-state index in [0.29, 0.717) is 34.0 Å². The molecule has 41 heavy (non-hydrogen) atoms. The molecule has 5 rings (SSSR count). The molecular formula is C28H21N10NaO2. The van der Waals surface area contributed by atoms with E-state index in [2.05, 4.69) is 30.6 Å². The number of pyridine rings is 2.